The summed E-state index contributed by atoms with van der Waals surface area (Å²) in [6, 6.07) is 0. The molecule has 0 spiro atoms. The molecule has 0 saturated carbocycles. The molecule has 0 aliphatic heterocycles. The van der Waals surface area contributed by atoms with Gasteiger partial charge in [0.1, 0.15) is 12.7 Å². The Hall–Kier alpha value is -1.25. The van der Waals surface area contributed by atoms with Crippen LogP contribution in [0.5, 0.6) is 0 Å². The zero-order valence-electron chi connectivity index (χ0n) is 7.57. The smallest absolute Gasteiger partial charge is 0.430 e. The second-order valence-corrected chi connectivity index (χ2v) is 2.87. The largest absolute Gasteiger partial charge is 0.509 e. The van der Waals surface area contributed by atoms with Gasteiger partial charge in [-0.3, -0.25) is 0 Å². The number of ether oxygens (including phenoxy) is 2. The number of allylic oxidation sites excluding steroid dienone is 1. The van der Waals surface area contributed by atoms with Crippen molar-refractivity contribution in [2.24, 2.45) is 0 Å². The van der Waals surface area contributed by atoms with E-state index in [0.29, 0.717) is 0 Å². The average Bonchev–Trinajstić information content (AvgIpc) is 2.16. The molecule has 3 nitrogen and oxygen atoms in total. The van der Waals surface area contributed by atoms with Gasteiger partial charge in [0.15, 0.2) is 0 Å². The lowest BCUT2D eigenvalue weighted by Crippen LogP contribution is -2.18. The first-order valence-corrected chi connectivity index (χ1v) is 4.44. The topological polar surface area (TPSA) is 35.5 Å². The number of carbonyl (C=O) groups excluding carboxylic acids is 1. The minimum Gasteiger partial charge on any atom is -0.430 e. The van der Waals surface area contributed by atoms with Crippen molar-refractivity contribution < 1.29 is 14.3 Å². The SMILES string of the molecule is C=CCOC(=O)OC1C=CCCC1. The summed E-state index contributed by atoms with van der Waals surface area (Å²) in [5.41, 5.74) is 0. The highest BCUT2D eigenvalue weighted by Crippen LogP contribution is 2.13. The third kappa shape index (κ3) is 3.78. The first-order chi connectivity index (χ1) is 6.33. The van der Waals surface area contributed by atoms with Crippen molar-refractivity contribution in [2.75, 3.05) is 6.61 Å². The van der Waals surface area contributed by atoms with Crippen LogP contribution in [0, 0.1) is 0 Å². The van der Waals surface area contributed by atoms with Gasteiger partial charge in [-0.25, -0.2) is 4.79 Å². The van der Waals surface area contributed by atoms with Crippen LogP contribution in [0.1, 0.15) is 19.3 Å². The Kier molecular flexibility index (Phi) is 4.09. The van der Waals surface area contributed by atoms with Crippen molar-refractivity contribution >= 4 is 6.16 Å². The Morgan fingerprint density at radius 2 is 2.54 bits per heavy atom. The minimum absolute atomic E-state index is 0.105. The molecule has 1 aliphatic rings. The summed E-state index contributed by atoms with van der Waals surface area (Å²) in [5, 5.41) is 0. The van der Waals surface area contributed by atoms with Gasteiger partial charge < -0.3 is 9.47 Å². The van der Waals surface area contributed by atoms with Crippen molar-refractivity contribution in [2.45, 2.75) is 25.4 Å². The normalized spacial score (nSPS) is 20.8. The average molecular weight is 182 g/mol. The molecule has 0 N–H and O–H groups in total. The lowest BCUT2D eigenvalue weighted by atomic mass is 10.1. The van der Waals surface area contributed by atoms with Gasteiger partial charge in [-0.2, -0.15) is 0 Å². The van der Waals surface area contributed by atoms with E-state index in [2.05, 4.69) is 11.3 Å². The van der Waals surface area contributed by atoms with Crippen molar-refractivity contribution in [3.63, 3.8) is 0 Å². The van der Waals surface area contributed by atoms with Crippen LogP contribution in [-0.2, 0) is 9.47 Å². The van der Waals surface area contributed by atoms with E-state index < -0.39 is 6.16 Å². The van der Waals surface area contributed by atoms with E-state index in [1.807, 2.05) is 12.2 Å². The maximum Gasteiger partial charge on any atom is 0.509 e. The Bertz CT molecular complexity index is 208. The summed E-state index contributed by atoms with van der Waals surface area (Å²) in [6.07, 6.45) is 7.74. The minimum atomic E-state index is -0.614. The predicted molar refractivity (Wildman–Crippen MR) is 49.4 cm³/mol. The number of carbonyl (C=O) groups is 1. The van der Waals surface area contributed by atoms with Crippen molar-refractivity contribution in [1.82, 2.24) is 0 Å². The van der Waals surface area contributed by atoms with Crippen molar-refractivity contribution in [3.05, 3.63) is 24.8 Å². The van der Waals surface area contributed by atoms with Gasteiger partial charge in [0.05, 0.1) is 0 Å². The van der Waals surface area contributed by atoms with Gasteiger partial charge in [-0.05, 0) is 25.3 Å². The fraction of sp³-hybridized carbons (Fsp3) is 0.500. The zero-order valence-corrected chi connectivity index (χ0v) is 7.57. The van der Waals surface area contributed by atoms with Crippen LogP contribution >= 0.6 is 0 Å². The van der Waals surface area contributed by atoms with Crippen LogP contribution in [-0.4, -0.2) is 18.9 Å². The Balaban J connectivity index is 2.22. The van der Waals surface area contributed by atoms with Gasteiger partial charge in [0.25, 0.3) is 0 Å². The maximum absolute atomic E-state index is 10.9. The Morgan fingerprint density at radius 1 is 1.69 bits per heavy atom. The molecule has 13 heavy (non-hydrogen) atoms. The number of hydrogen-bond donors (Lipinski definition) is 0. The molecule has 0 aromatic rings. The summed E-state index contributed by atoms with van der Waals surface area (Å²) in [6.45, 7) is 3.64. The quantitative estimate of drug-likeness (QED) is 0.496. The summed E-state index contributed by atoms with van der Waals surface area (Å²) >= 11 is 0. The molecule has 1 atom stereocenters. The molecule has 0 saturated heterocycles. The van der Waals surface area contributed by atoms with Crippen LogP contribution in [0.2, 0.25) is 0 Å². The molecule has 1 unspecified atom stereocenters. The van der Waals surface area contributed by atoms with E-state index in [1.165, 1.54) is 6.08 Å². The highest BCUT2D eigenvalue weighted by molar-refractivity contribution is 5.60. The summed E-state index contributed by atoms with van der Waals surface area (Å²) < 4.78 is 9.68. The standard InChI is InChI=1S/C10H14O3/c1-2-8-12-10(11)13-9-6-4-3-5-7-9/h2,4,6,9H,1,3,5,7-8H2. The lowest BCUT2D eigenvalue weighted by molar-refractivity contribution is 0.0402. The van der Waals surface area contributed by atoms with Crippen LogP contribution < -0.4 is 0 Å². The molecule has 1 rings (SSSR count). The third-order valence-electron chi connectivity index (χ3n) is 1.78. The van der Waals surface area contributed by atoms with Crippen LogP contribution in [0.25, 0.3) is 0 Å². The first-order valence-electron chi connectivity index (χ1n) is 4.44. The lowest BCUT2D eigenvalue weighted by Gasteiger charge is -2.16. The van der Waals surface area contributed by atoms with Crippen LogP contribution in [0.15, 0.2) is 24.8 Å². The monoisotopic (exact) mass is 182 g/mol. The second kappa shape index (κ2) is 5.41. The molecule has 0 amide bonds. The number of rotatable bonds is 3. The number of hydrogen-bond acceptors (Lipinski definition) is 3. The van der Waals surface area contributed by atoms with E-state index in [-0.39, 0.29) is 12.7 Å². The third-order valence-corrected chi connectivity index (χ3v) is 1.78. The molecule has 0 fully saturated rings. The van der Waals surface area contributed by atoms with Gasteiger partial charge >= 0.3 is 6.16 Å². The molecule has 0 aromatic heterocycles. The first kappa shape index (κ1) is 9.84. The van der Waals surface area contributed by atoms with Crippen molar-refractivity contribution in [1.29, 1.82) is 0 Å². The van der Waals surface area contributed by atoms with Gasteiger partial charge in [0, 0.05) is 0 Å². The van der Waals surface area contributed by atoms with Gasteiger partial charge in [-0.1, -0.05) is 18.7 Å². The molecule has 0 radical (unpaired) electrons. The maximum atomic E-state index is 10.9. The van der Waals surface area contributed by atoms with E-state index in [1.54, 1.807) is 0 Å². The zero-order chi connectivity index (χ0) is 9.52. The summed E-state index contributed by atoms with van der Waals surface area (Å²) in [5.74, 6) is 0. The molecule has 1 aliphatic carbocycles. The summed E-state index contributed by atoms with van der Waals surface area (Å²) in [4.78, 5) is 10.9. The van der Waals surface area contributed by atoms with Crippen LogP contribution in [0.3, 0.4) is 0 Å². The molecule has 0 heterocycles. The highest BCUT2D eigenvalue weighted by atomic mass is 16.7. The van der Waals surface area contributed by atoms with Crippen LogP contribution in [0.4, 0.5) is 4.79 Å². The summed E-state index contributed by atoms with van der Waals surface area (Å²) in [7, 11) is 0. The molecular formula is C10H14O3. The highest BCUT2D eigenvalue weighted by Gasteiger charge is 2.13. The predicted octanol–water partition coefficient (Wildman–Crippen LogP) is 2.43. The fourth-order valence-corrected chi connectivity index (χ4v) is 1.16. The van der Waals surface area contributed by atoms with Gasteiger partial charge in [0.2, 0.25) is 0 Å². The van der Waals surface area contributed by atoms with Gasteiger partial charge in [-0.15, -0.1) is 0 Å². The van der Waals surface area contributed by atoms with Crippen molar-refractivity contribution in [3.8, 4) is 0 Å². The van der Waals surface area contributed by atoms with E-state index in [0.717, 1.165) is 19.3 Å². The van der Waals surface area contributed by atoms with E-state index >= 15 is 0 Å². The Labute approximate surface area is 78.0 Å². The second-order valence-electron chi connectivity index (χ2n) is 2.87. The fourth-order valence-electron chi connectivity index (χ4n) is 1.16. The molecule has 0 bridgehead atoms. The van der Waals surface area contributed by atoms with E-state index in [4.69, 9.17) is 4.74 Å². The molecule has 3 heteroatoms. The molecular weight excluding hydrogens is 168 g/mol. The Morgan fingerprint density at radius 3 is 3.15 bits per heavy atom. The van der Waals surface area contributed by atoms with E-state index in [9.17, 15) is 4.79 Å². The molecule has 0 aromatic carbocycles. The molecule has 72 valence electrons.